The zero-order chi connectivity index (χ0) is 20.1. The first kappa shape index (κ1) is 23.3. The molecule has 5 nitrogen and oxygen atoms in total. The van der Waals surface area contributed by atoms with Crippen LogP contribution in [0.3, 0.4) is 0 Å². The van der Waals surface area contributed by atoms with Crippen molar-refractivity contribution in [2.45, 2.75) is 18.8 Å². The van der Waals surface area contributed by atoms with Gasteiger partial charge in [0.15, 0.2) is 5.96 Å². The average Bonchev–Trinajstić information content (AvgIpc) is 2.69. The smallest absolute Gasteiger partial charge is 0.370 e. The zero-order valence-corrected chi connectivity index (χ0v) is 17.9. The van der Waals surface area contributed by atoms with Crippen LogP contribution < -0.4 is 5.32 Å². The number of aromatic nitrogens is 1. The summed E-state index contributed by atoms with van der Waals surface area (Å²) in [7, 11) is 1.59. The molecule has 0 radical (unpaired) electrons. The third-order valence-corrected chi connectivity index (χ3v) is 4.41. The zero-order valence-electron chi connectivity index (χ0n) is 15.6. The Balaban J connectivity index is 0.00000300. The van der Waals surface area contributed by atoms with E-state index in [0.717, 1.165) is 12.1 Å². The minimum atomic E-state index is -4.41. The molecule has 1 atom stereocenters. The Kier molecular flexibility index (Phi) is 8.20. The molecule has 0 amide bonds. The molecule has 0 spiro atoms. The second-order valence-electron chi connectivity index (χ2n) is 6.26. The van der Waals surface area contributed by atoms with E-state index in [4.69, 9.17) is 4.74 Å². The number of nitrogens with one attached hydrogen (secondary N) is 1. The van der Waals surface area contributed by atoms with Gasteiger partial charge in [0.2, 0.25) is 0 Å². The first-order chi connectivity index (χ1) is 13.4. The number of morpholine rings is 1. The largest absolute Gasteiger partial charge is 0.416 e. The molecule has 158 valence electrons. The van der Waals surface area contributed by atoms with Gasteiger partial charge in [-0.3, -0.25) is 9.98 Å². The predicted octanol–water partition coefficient (Wildman–Crippen LogP) is 4.01. The number of pyridine rings is 1. The van der Waals surface area contributed by atoms with E-state index < -0.39 is 23.7 Å². The van der Waals surface area contributed by atoms with Crippen LogP contribution in [0.25, 0.3) is 0 Å². The first-order valence-corrected chi connectivity index (χ1v) is 8.72. The van der Waals surface area contributed by atoms with Crippen molar-refractivity contribution in [3.8, 4) is 0 Å². The van der Waals surface area contributed by atoms with Gasteiger partial charge in [0.25, 0.3) is 0 Å². The molecule has 1 unspecified atom stereocenters. The summed E-state index contributed by atoms with van der Waals surface area (Å²) in [6.07, 6.45) is -3.43. The van der Waals surface area contributed by atoms with Gasteiger partial charge in [0, 0.05) is 19.8 Å². The molecule has 0 aliphatic carbocycles. The number of guanidine groups is 1. The summed E-state index contributed by atoms with van der Waals surface area (Å²) in [6, 6.07) is 7.96. The number of aliphatic imine (C=N–C) groups is 1. The molecule has 1 saturated heterocycles. The van der Waals surface area contributed by atoms with Gasteiger partial charge in [-0.25, -0.2) is 4.39 Å². The Morgan fingerprint density at radius 1 is 1.31 bits per heavy atom. The number of halogens is 5. The molecule has 2 heterocycles. The van der Waals surface area contributed by atoms with Crippen LogP contribution in [0.1, 0.15) is 22.9 Å². The summed E-state index contributed by atoms with van der Waals surface area (Å²) in [6.45, 7) is 1.32. The van der Waals surface area contributed by atoms with E-state index in [2.05, 4.69) is 15.3 Å². The summed E-state index contributed by atoms with van der Waals surface area (Å²) < 4.78 is 58.3. The summed E-state index contributed by atoms with van der Waals surface area (Å²) >= 11 is 0. The normalized spacial score (nSPS) is 17.6. The Hall–Kier alpha value is -1.95. The van der Waals surface area contributed by atoms with Crippen molar-refractivity contribution >= 4 is 29.9 Å². The molecule has 1 aliphatic rings. The predicted molar refractivity (Wildman–Crippen MR) is 112 cm³/mol. The fraction of sp³-hybridized carbons (Fsp3) is 0.368. The van der Waals surface area contributed by atoms with Crippen molar-refractivity contribution in [2.75, 3.05) is 26.7 Å². The number of nitrogens with zero attached hydrogens (tertiary/aromatic N) is 3. The maximum absolute atomic E-state index is 13.7. The van der Waals surface area contributed by atoms with Crippen molar-refractivity contribution in [1.82, 2.24) is 15.2 Å². The monoisotopic (exact) mass is 524 g/mol. The molecule has 1 aliphatic heterocycles. The maximum atomic E-state index is 13.7. The van der Waals surface area contributed by atoms with Gasteiger partial charge in [-0.05, 0) is 29.8 Å². The van der Waals surface area contributed by atoms with Crippen LogP contribution >= 0.6 is 24.0 Å². The topological polar surface area (TPSA) is 49.8 Å². The Morgan fingerprint density at radius 3 is 2.79 bits per heavy atom. The van der Waals surface area contributed by atoms with E-state index in [1.807, 2.05) is 4.90 Å². The molecular weight excluding hydrogens is 503 g/mol. The second kappa shape index (κ2) is 10.2. The van der Waals surface area contributed by atoms with Crippen LogP contribution in [0.5, 0.6) is 0 Å². The van der Waals surface area contributed by atoms with Crippen molar-refractivity contribution in [1.29, 1.82) is 0 Å². The SMILES string of the molecule is CN=C(NCc1ncccc1F)N1CCOC(c2cccc(C(F)(F)F)c2)C1.I. The van der Waals surface area contributed by atoms with E-state index in [-0.39, 0.29) is 36.2 Å². The first-order valence-electron chi connectivity index (χ1n) is 8.72. The third-order valence-electron chi connectivity index (χ3n) is 4.41. The van der Waals surface area contributed by atoms with Crippen LogP contribution in [0.4, 0.5) is 17.6 Å². The van der Waals surface area contributed by atoms with E-state index >= 15 is 0 Å². The molecule has 2 aromatic rings. The average molecular weight is 524 g/mol. The number of rotatable bonds is 3. The van der Waals surface area contributed by atoms with E-state index in [9.17, 15) is 17.6 Å². The van der Waals surface area contributed by atoms with Gasteiger partial charge in [-0.1, -0.05) is 12.1 Å². The molecular formula is C19H21F4IN4O. The van der Waals surface area contributed by atoms with Crippen molar-refractivity contribution in [3.63, 3.8) is 0 Å². The molecule has 29 heavy (non-hydrogen) atoms. The number of ether oxygens (including phenoxy) is 1. The molecule has 3 rings (SSSR count). The molecule has 10 heteroatoms. The maximum Gasteiger partial charge on any atom is 0.416 e. The quantitative estimate of drug-likeness (QED) is 0.286. The van der Waals surface area contributed by atoms with E-state index in [0.29, 0.717) is 31.2 Å². The second-order valence-corrected chi connectivity index (χ2v) is 6.26. The molecule has 0 bridgehead atoms. The van der Waals surface area contributed by atoms with E-state index in [1.165, 1.54) is 24.4 Å². The summed E-state index contributed by atoms with van der Waals surface area (Å²) in [5.41, 5.74) is -0.00376. The highest BCUT2D eigenvalue weighted by Gasteiger charge is 2.32. The summed E-state index contributed by atoms with van der Waals surface area (Å²) in [4.78, 5) is 10.0. The fourth-order valence-corrected chi connectivity index (χ4v) is 3.00. The van der Waals surface area contributed by atoms with Crippen LogP contribution in [0, 0.1) is 5.82 Å². The van der Waals surface area contributed by atoms with Crippen molar-refractivity contribution in [2.24, 2.45) is 4.99 Å². The number of alkyl halides is 3. The molecule has 1 aromatic carbocycles. The summed E-state index contributed by atoms with van der Waals surface area (Å²) in [5, 5.41) is 3.04. The standard InChI is InChI=1S/C19H20F4N4O.HI/c1-24-18(26-11-16-15(20)6-3-7-25-16)27-8-9-28-17(12-27)13-4-2-5-14(10-13)19(21,22)23;/h2-7,10,17H,8-9,11-12H2,1H3,(H,24,26);1H. The van der Waals surface area contributed by atoms with Crippen LogP contribution in [-0.4, -0.2) is 42.6 Å². The van der Waals surface area contributed by atoms with Gasteiger partial charge < -0.3 is 15.0 Å². The van der Waals surface area contributed by atoms with Gasteiger partial charge in [0.05, 0.1) is 31.0 Å². The Labute approximate surface area is 183 Å². The highest BCUT2D eigenvalue weighted by atomic mass is 127. The Morgan fingerprint density at radius 2 is 2.10 bits per heavy atom. The lowest BCUT2D eigenvalue weighted by Crippen LogP contribution is -2.48. The lowest BCUT2D eigenvalue weighted by atomic mass is 10.0. The van der Waals surface area contributed by atoms with Crippen LogP contribution in [0.2, 0.25) is 0 Å². The van der Waals surface area contributed by atoms with Crippen LogP contribution in [-0.2, 0) is 17.5 Å². The minimum absolute atomic E-state index is 0. The number of hydrogen-bond donors (Lipinski definition) is 1. The Bertz CT molecular complexity index is 847. The lowest BCUT2D eigenvalue weighted by molar-refractivity contribution is -0.137. The van der Waals surface area contributed by atoms with Gasteiger partial charge >= 0.3 is 6.18 Å². The third kappa shape index (κ3) is 6.01. The van der Waals surface area contributed by atoms with E-state index in [1.54, 1.807) is 13.1 Å². The molecule has 1 N–H and O–H groups in total. The fourth-order valence-electron chi connectivity index (χ4n) is 3.00. The minimum Gasteiger partial charge on any atom is -0.370 e. The highest BCUT2D eigenvalue weighted by Crippen LogP contribution is 2.32. The van der Waals surface area contributed by atoms with Gasteiger partial charge in [-0.2, -0.15) is 13.2 Å². The summed E-state index contributed by atoms with van der Waals surface area (Å²) in [5.74, 6) is 0.0830. The van der Waals surface area contributed by atoms with Gasteiger partial charge in [0.1, 0.15) is 11.9 Å². The van der Waals surface area contributed by atoms with Crippen LogP contribution in [0.15, 0.2) is 47.6 Å². The molecule has 1 fully saturated rings. The molecule has 0 saturated carbocycles. The van der Waals surface area contributed by atoms with Crippen molar-refractivity contribution in [3.05, 3.63) is 65.2 Å². The molecule has 1 aromatic heterocycles. The van der Waals surface area contributed by atoms with Gasteiger partial charge in [-0.15, -0.1) is 24.0 Å². The number of benzene rings is 1. The number of hydrogen-bond acceptors (Lipinski definition) is 3. The van der Waals surface area contributed by atoms with Crippen molar-refractivity contribution < 1.29 is 22.3 Å². The lowest BCUT2D eigenvalue weighted by Gasteiger charge is -2.35. The highest BCUT2D eigenvalue weighted by molar-refractivity contribution is 14.0.